The predicted octanol–water partition coefficient (Wildman–Crippen LogP) is 3.32. The number of ether oxygens (including phenoxy) is 1. The normalized spacial score (nSPS) is 12.4. The van der Waals surface area contributed by atoms with Crippen LogP contribution in [0.1, 0.15) is 46.5 Å². The van der Waals surface area contributed by atoms with E-state index in [1.165, 1.54) is 31.9 Å². The number of pyridine rings is 2. The lowest BCUT2D eigenvalue weighted by Gasteiger charge is -2.17. The van der Waals surface area contributed by atoms with Gasteiger partial charge in [0.1, 0.15) is 17.4 Å². The predicted molar refractivity (Wildman–Crippen MR) is 106 cm³/mol. The third-order valence-corrected chi connectivity index (χ3v) is 4.89. The van der Waals surface area contributed by atoms with Gasteiger partial charge in [0, 0.05) is 37.9 Å². The number of carbonyl (C=O) groups excluding carboxylic acids is 1. The third-order valence-electron chi connectivity index (χ3n) is 4.89. The first-order chi connectivity index (χ1) is 15.2. The number of hydrogen-bond donors (Lipinski definition) is 0. The molecule has 0 bridgehead atoms. The molecule has 166 valence electrons. The van der Waals surface area contributed by atoms with Crippen molar-refractivity contribution in [2.75, 3.05) is 7.11 Å². The lowest BCUT2D eigenvalue weighted by Crippen LogP contribution is -2.17. The highest BCUT2D eigenvalue weighted by Crippen LogP contribution is 2.33. The monoisotopic (exact) mass is 444 g/mol. The summed E-state index contributed by atoms with van der Waals surface area (Å²) in [5.41, 5.74) is 0.917. The molecule has 0 amide bonds. The van der Waals surface area contributed by atoms with Crippen molar-refractivity contribution < 1.29 is 22.7 Å². The van der Waals surface area contributed by atoms with Crippen LogP contribution in [0.3, 0.4) is 0 Å². The lowest BCUT2D eigenvalue weighted by atomic mass is 9.93. The van der Waals surface area contributed by atoms with E-state index in [-0.39, 0.29) is 24.2 Å². The van der Waals surface area contributed by atoms with Gasteiger partial charge in [0.15, 0.2) is 5.82 Å². The molecule has 3 aromatic heterocycles. The first kappa shape index (κ1) is 23.0. The molecule has 0 N–H and O–H groups in total. The van der Waals surface area contributed by atoms with Crippen LogP contribution in [-0.4, -0.2) is 37.9 Å². The summed E-state index contributed by atoms with van der Waals surface area (Å²) in [6.07, 6.45) is -0.407. The third kappa shape index (κ3) is 4.81. The van der Waals surface area contributed by atoms with Gasteiger partial charge < -0.3 is 4.74 Å². The highest BCUT2D eigenvalue weighted by atomic mass is 19.4. The topological polar surface area (TPSA) is 107 Å². The molecular formula is C21H19F3N6O2. The van der Waals surface area contributed by atoms with Gasteiger partial charge in [-0.05, 0) is 31.0 Å². The Balaban J connectivity index is 1.90. The summed E-state index contributed by atoms with van der Waals surface area (Å²) in [5.74, 6) is -0.833. The van der Waals surface area contributed by atoms with E-state index in [0.717, 1.165) is 10.9 Å². The number of Topliss-reactive ketones (excluding diaryl/α,β-unsaturated/α-hetero) is 1. The summed E-state index contributed by atoms with van der Waals surface area (Å²) in [4.78, 5) is 21.5. The van der Waals surface area contributed by atoms with Crippen LogP contribution in [0.5, 0.6) is 0 Å². The van der Waals surface area contributed by atoms with Crippen molar-refractivity contribution in [2.24, 2.45) is 0 Å². The van der Waals surface area contributed by atoms with Crippen molar-refractivity contribution >= 4 is 5.78 Å². The van der Waals surface area contributed by atoms with E-state index in [0.29, 0.717) is 22.4 Å². The van der Waals surface area contributed by atoms with Crippen LogP contribution in [0.25, 0.3) is 5.82 Å². The maximum atomic E-state index is 13.6. The fourth-order valence-corrected chi connectivity index (χ4v) is 3.32. The summed E-state index contributed by atoms with van der Waals surface area (Å²) in [7, 11) is 1.48. The summed E-state index contributed by atoms with van der Waals surface area (Å²) in [6, 6.07) is 2.95. The molecule has 8 nitrogen and oxygen atoms in total. The van der Waals surface area contributed by atoms with Crippen LogP contribution in [-0.2, 0) is 28.5 Å². The van der Waals surface area contributed by atoms with Gasteiger partial charge in [-0.15, -0.1) is 4.80 Å². The number of aromatic nitrogens is 5. The number of nitriles is 1. The zero-order valence-electron chi connectivity index (χ0n) is 17.5. The molecule has 1 unspecified atom stereocenters. The zero-order valence-corrected chi connectivity index (χ0v) is 17.5. The standard InChI is InChI=1S/C21H19F3N6O2/c1-12-17(9-25)19(13(2)32-3)15(11-26-12)8-16(31)6-14-7-18(21(22,23)24)20(27-10-14)30-28-4-5-29-30/h4-5,7,10-11,13H,6,8H2,1-3H3. The number of hydrogen-bond acceptors (Lipinski definition) is 7. The Bertz CT molecular complexity index is 1170. The minimum Gasteiger partial charge on any atom is -0.377 e. The minimum absolute atomic E-state index is 0.0974. The molecule has 0 saturated heterocycles. The maximum Gasteiger partial charge on any atom is 0.420 e. The molecule has 0 fully saturated rings. The summed E-state index contributed by atoms with van der Waals surface area (Å²) < 4.78 is 46.0. The first-order valence-corrected chi connectivity index (χ1v) is 9.51. The Kier molecular flexibility index (Phi) is 6.64. The molecule has 0 spiro atoms. The van der Waals surface area contributed by atoms with Gasteiger partial charge in [-0.25, -0.2) is 4.98 Å². The molecule has 0 aliphatic heterocycles. The van der Waals surface area contributed by atoms with Crippen LogP contribution in [0, 0.1) is 18.3 Å². The van der Waals surface area contributed by atoms with Crippen LogP contribution in [0.2, 0.25) is 0 Å². The molecule has 0 aliphatic rings. The van der Waals surface area contributed by atoms with Gasteiger partial charge in [-0.2, -0.15) is 28.6 Å². The molecular weight excluding hydrogens is 425 g/mol. The van der Waals surface area contributed by atoms with Gasteiger partial charge in [-0.1, -0.05) is 0 Å². The van der Waals surface area contributed by atoms with Gasteiger partial charge in [-0.3, -0.25) is 9.78 Å². The average Bonchev–Trinajstić information content (AvgIpc) is 3.28. The Morgan fingerprint density at radius 3 is 2.50 bits per heavy atom. The fourth-order valence-electron chi connectivity index (χ4n) is 3.32. The second-order valence-corrected chi connectivity index (χ2v) is 7.07. The summed E-state index contributed by atoms with van der Waals surface area (Å²) >= 11 is 0. The molecule has 0 saturated carbocycles. The second kappa shape index (κ2) is 9.23. The number of alkyl halides is 3. The fraction of sp³-hybridized carbons (Fsp3) is 0.333. The van der Waals surface area contributed by atoms with Crippen molar-refractivity contribution in [1.29, 1.82) is 5.26 Å². The van der Waals surface area contributed by atoms with Crippen LogP contribution in [0.4, 0.5) is 13.2 Å². The Hall–Kier alpha value is -3.65. The lowest BCUT2D eigenvalue weighted by molar-refractivity contribution is -0.138. The smallest absolute Gasteiger partial charge is 0.377 e. The molecule has 3 rings (SSSR count). The van der Waals surface area contributed by atoms with Crippen LogP contribution in [0.15, 0.2) is 30.9 Å². The van der Waals surface area contributed by atoms with Crippen LogP contribution >= 0.6 is 0 Å². The number of halogens is 3. The molecule has 3 aromatic rings. The number of ketones is 1. The van der Waals surface area contributed by atoms with Crippen molar-refractivity contribution in [3.63, 3.8) is 0 Å². The van der Waals surface area contributed by atoms with E-state index in [9.17, 15) is 23.2 Å². The van der Waals surface area contributed by atoms with Crippen molar-refractivity contribution in [3.05, 3.63) is 64.4 Å². The highest BCUT2D eigenvalue weighted by molar-refractivity contribution is 5.83. The summed E-state index contributed by atoms with van der Waals surface area (Å²) in [6.45, 7) is 3.42. The molecule has 1 atom stereocenters. The summed E-state index contributed by atoms with van der Waals surface area (Å²) in [5, 5.41) is 16.9. The molecule has 3 heterocycles. The number of aryl methyl sites for hydroxylation is 1. The number of nitrogens with zero attached hydrogens (tertiary/aromatic N) is 6. The highest BCUT2D eigenvalue weighted by Gasteiger charge is 2.36. The van der Waals surface area contributed by atoms with Crippen molar-refractivity contribution in [2.45, 2.75) is 39.0 Å². The van der Waals surface area contributed by atoms with Crippen molar-refractivity contribution in [1.82, 2.24) is 25.0 Å². The van der Waals surface area contributed by atoms with Gasteiger partial charge in [0.2, 0.25) is 0 Å². The molecule has 0 aromatic carbocycles. The zero-order chi connectivity index (χ0) is 23.5. The second-order valence-electron chi connectivity index (χ2n) is 7.07. The van der Waals surface area contributed by atoms with Gasteiger partial charge in [0.05, 0.1) is 29.8 Å². The van der Waals surface area contributed by atoms with E-state index in [2.05, 4.69) is 26.2 Å². The van der Waals surface area contributed by atoms with E-state index in [4.69, 9.17) is 4.74 Å². The minimum atomic E-state index is -4.71. The largest absolute Gasteiger partial charge is 0.420 e. The Labute approximate surface area is 181 Å². The number of methoxy groups -OCH3 is 1. The molecule has 0 radical (unpaired) electrons. The maximum absolute atomic E-state index is 13.6. The SMILES string of the molecule is COC(C)c1c(CC(=O)Cc2cnc(-n3nccn3)c(C(F)(F)F)c2)cnc(C)c1C#N. The molecule has 32 heavy (non-hydrogen) atoms. The average molecular weight is 444 g/mol. The first-order valence-electron chi connectivity index (χ1n) is 9.51. The van der Waals surface area contributed by atoms with E-state index < -0.39 is 23.7 Å². The van der Waals surface area contributed by atoms with Gasteiger partial charge >= 0.3 is 6.18 Å². The van der Waals surface area contributed by atoms with Crippen molar-refractivity contribution in [3.8, 4) is 11.9 Å². The van der Waals surface area contributed by atoms with Gasteiger partial charge in [0.25, 0.3) is 0 Å². The number of rotatable bonds is 7. The Morgan fingerprint density at radius 2 is 1.91 bits per heavy atom. The quantitative estimate of drug-likeness (QED) is 0.550. The molecule has 0 aliphatic carbocycles. The van der Waals surface area contributed by atoms with E-state index in [1.54, 1.807) is 13.8 Å². The molecule has 11 heteroatoms. The van der Waals surface area contributed by atoms with E-state index in [1.807, 2.05) is 0 Å². The van der Waals surface area contributed by atoms with Crippen LogP contribution < -0.4 is 0 Å². The Morgan fingerprint density at radius 1 is 1.22 bits per heavy atom. The van der Waals surface area contributed by atoms with E-state index >= 15 is 0 Å². The number of carbonyl (C=O) groups is 1.